The predicted molar refractivity (Wildman–Crippen MR) is 173 cm³/mol. The van der Waals surface area contributed by atoms with Crippen LogP contribution in [0.2, 0.25) is 10.0 Å². The first-order chi connectivity index (χ1) is 20.5. The lowest BCUT2D eigenvalue weighted by Crippen LogP contribution is -2.40. The van der Waals surface area contributed by atoms with Crippen LogP contribution in [0.3, 0.4) is 0 Å². The fourth-order valence-corrected chi connectivity index (χ4v) is 6.57. The molecule has 5 rings (SSSR count). The maximum Gasteiger partial charge on any atom is 0.338 e. The maximum absolute atomic E-state index is 14.0. The molecule has 4 aromatic rings. The first-order valence-electron chi connectivity index (χ1n) is 13.3. The summed E-state index contributed by atoms with van der Waals surface area (Å²) < 4.78 is 19.9. The smallest absolute Gasteiger partial charge is 0.338 e. The highest BCUT2D eigenvalue weighted by atomic mass is 79.9. The molecule has 1 atom stereocenters. The lowest BCUT2D eigenvalue weighted by Gasteiger charge is -2.26. The van der Waals surface area contributed by atoms with Crippen molar-refractivity contribution in [2.75, 3.05) is 7.11 Å². The molecule has 11 heteroatoms. The van der Waals surface area contributed by atoms with Gasteiger partial charge >= 0.3 is 5.97 Å². The van der Waals surface area contributed by atoms with E-state index in [4.69, 9.17) is 37.4 Å². The zero-order valence-electron chi connectivity index (χ0n) is 23.7. The Hall–Kier alpha value is -3.37. The summed E-state index contributed by atoms with van der Waals surface area (Å²) in [5.41, 5.74) is 2.74. The van der Waals surface area contributed by atoms with Gasteiger partial charge in [0.15, 0.2) is 4.80 Å². The molecule has 0 N–H and O–H groups in total. The summed E-state index contributed by atoms with van der Waals surface area (Å²) in [4.78, 5) is 32.5. The van der Waals surface area contributed by atoms with Gasteiger partial charge in [-0.15, -0.1) is 0 Å². The molecule has 0 unspecified atom stereocenters. The van der Waals surface area contributed by atoms with Gasteiger partial charge in [-0.3, -0.25) is 9.36 Å². The second kappa shape index (κ2) is 13.1. The van der Waals surface area contributed by atoms with Crippen molar-refractivity contribution in [2.45, 2.75) is 39.5 Å². The van der Waals surface area contributed by atoms with Crippen LogP contribution < -0.4 is 24.4 Å². The van der Waals surface area contributed by atoms with Crippen LogP contribution >= 0.6 is 50.5 Å². The van der Waals surface area contributed by atoms with Crippen LogP contribution in [0.4, 0.5) is 0 Å². The van der Waals surface area contributed by atoms with E-state index < -0.39 is 12.0 Å². The number of fused-ring (bicyclic) bond motifs is 1. The molecule has 0 fully saturated rings. The molecule has 43 heavy (non-hydrogen) atoms. The number of benzene rings is 3. The Morgan fingerprint density at radius 2 is 1.86 bits per heavy atom. The number of carbonyl (C=O) groups is 1. The fourth-order valence-electron chi connectivity index (χ4n) is 4.68. The lowest BCUT2D eigenvalue weighted by atomic mass is 9.95. The molecular weight excluding hydrogens is 675 g/mol. The Balaban J connectivity index is 1.53. The molecule has 1 aliphatic rings. The summed E-state index contributed by atoms with van der Waals surface area (Å²) in [6.07, 6.45) is 1.45. The number of nitrogens with zero attached hydrogens (tertiary/aromatic N) is 2. The molecule has 0 radical (unpaired) electrons. The number of ether oxygens (including phenoxy) is 3. The number of allylic oxidation sites excluding steroid dienone is 1. The molecule has 0 saturated carbocycles. The van der Waals surface area contributed by atoms with E-state index in [-0.39, 0.29) is 23.8 Å². The standard InChI is InChI=1S/C32H27BrCl2N2O5S/c1-17(2)42-31(39)28-18(3)36-32-37(29(28)24-14-21(33)8-12-26(24)40-4)30(38)27(43-32)13-19-5-10-23(11-6-19)41-16-20-7-9-22(34)15-25(20)35/h5-15,17,29H,16H2,1-4H3/b27-13-/t29-/m1/s1. The number of hydrogen-bond donors (Lipinski definition) is 0. The summed E-state index contributed by atoms with van der Waals surface area (Å²) in [6, 6.07) is 17.3. The summed E-state index contributed by atoms with van der Waals surface area (Å²) in [5.74, 6) is 0.645. The number of rotatable bonds is 8. The predicted octanol–water partition coefficient (Wildman–Crippen LogP) is 6.84. The van der Waals surface area contributed by atoms with E-state index in [1.165, 1.54) is 15.9 Å². The molecule has 3 aromatic carbocycles. The van der Waals surface area contributed by atoms with Gasteiger partial charge < -0.3 is 14.2 Å². The van der Waals surface area contributed by atoms with Crippen molar-refractivity contribution in [1.82, 2.24) is 4.57 Å². The molecule has 0 aliphatic carbocycles. The zero-order chi connectivity index (χ0) is 30.8. The Morgan fingerprint density at radius 1 is 1.12 bits per heavy atom. The number of methoxy groups -OCH3 is 1. The van der Waals surface area contributed by atoms with Crippen molar-refractivity contribution in [3.8, 4) is 11.5 Å². The number of hydrogen-bond acceptors (Lipinski definition) is 7. The van der Waals surface area contributed by atoms with E-state index in [2.05, 4.69) is 20.9 Å². The molecule has 7 nitrogen and oxygen atoms in total. The molecular formula is C32H27BrCl2N2O5S. The van der Waals surface area contributed by atoms with Crippen molar-refractivity contribution in [3.63, 3.8) is 0 Å². The summed E-state index contributed by atoms with van der Waals surface area (Å²) in [5, 5.41) is 1.10. The zero-order valence-corrected chi connectivity index (χ0v) is 27.6. The minimum atomic E-state index is -0.799. The van der Waals surface area contributed by atoms with E-state index >= 15 is 0 Å². The van der Waals surface area contributed by atoms with Crippen LogP contribution in [0.5, 0.6) is 11.5 Å². The summed E-state index contributed by atoms with van der Waals surface area (Å²) >= 11 is 17.0. The third kappa shape index (κ3) is 6.75. The quantitative estimate of drug-likeness (QED) is 0.188. The highest BCUT2D eigenvalue weighted by Gasteiger charge is 2.35. The third-order valence-electron chi connectivity index (χ3n) is 6.66. The minimum absolute atomic E-state index is 0.282. The normalized spacial score (nSPS) is 14.9. The Bertz CT molecular complexity index is 1920. The fraction of sp³-hybridized carbons (Fsp3) is 0.219. The van der Waals surface area contributed by atoms with Gasteiger partial charge in [-0.05, 0) is 74.9 Å². The van der Waals surface area contributed by atoms with Crippen molar-refractivity contribution in [1.29, 1.82) is 0 Å². The number of carbonyl (C=O) groups excluding carboxylic acids is 1. The largest absolute Gasteiger partial charge is 0.496 e. The van der Waals surface area contributed by atoms with Gasteiger partial charge in [0.2, 0.25) is 0 Å². The monoisotopic (exact) mass is 700 g/mol. The molecule has 0 amide bonds. The Kier molecular flexibility index (Phi) is 9.46. The van der Waals surface area contributed by atoms with Crippen LogP contribution in [0.25, 0.3) is 6.08 Å². The van der Waals surface area contributed by atoms with Gasteiger partial charge in [0.05, 0.1) is 29.0 Å². The summed E-state index contributed by atoms with van der Waals surface area (Å²) in [6.45, 7) is 5.59. The number of halogens is 3. The maximum atomic E-state index is 14.0. The van der Waals surface area contributed by atoms with Crippen molar-refractivity contribution in [3.05, 3.63) is 123 Å². The molecule has 0 bridgehead atoms. The van der Waals surface area contributed by atoms with Gasteiger partial charge in [-0.2, -0.15) is 0 Å². The first-order valence-corrected chi connectivity index (χ1v) is 15.7. The third-order valence-corrected chi connectivity index (χ3v) is 8.72. The number of thiazole rings is 1. The highest BCUT2D eigenvalue weighted by molar-refractivity contribution is 9.10. The number of aromatic nitrogens is 1. The van der Waals surface area contributed by atoms with Crippen LogP contribution in [-0.2, 0) is 16.1 Å². The van der Waals surface area contributed by atoms with Crippen molar-refractivity contribution < 1.29 is 19.0 Å². The van der Waals surface area contributed by atoms with E-state index in [0.717, 1.165) is 15.6 Å². The average molecular weight is 702 g/mol. The van der Waals surface area contributed by atoms with Gasteiger partial charge in [0, 0.05) is 25.6 Å². The van der Waals surface area contributed by atoms with Crippen LogP contribution in [-0.4, -0.2) is 23.8 Å². The molecule has 0 spiro atoms. The SMILES string of the molecule is COc1ccc(Br)cc1[C@@H]1C(C(=O)OC(C)C)=C(C)N=c2s/c(=C\c3ccc(OCc4ccc(Cl)cc4Cl)cc3)c(=O)n21. The molecule has 2 heterocycles. The van der Waals surface area contributed by atoms with Crippen LogP contribution in [0.15, 0.2) is 86.2 Å². The second-order valence-corrected chi connectivity index (χ2v) is 12.8. The van der Waals surface area contributed by atoms with Crippen LogP contribution in [0, 0.1) is 0 Å². The lowest BCUT2D eigenvalue weighted by molar-refractivity contribution is -0.143. The number of esters is 1. The Morgan fingerprint density at radius 3 is 2.53 bits per heavy atom. The molecule has 1 aliphatic heterocycles. The summed E-state index contributed by atoms with van der Waals surface area (Å²) in [7, 11) is 1.55. The van der Waals surface area contributed by atoms with Gasteiger partial charge in [0.1, 0.15) is 24.1 Å². The molecule has 222 valence electrons. The van der Waals surface area contributed by atoms with Gasteiger partial charge in [-0.25, -0.2) is 9.79 Å². The topological polar surface area (TPSA) is 79.1 Å². The first kappa shape index (κ1) is 31.1. The molecule has 0 saturated heterocycles. The van der Waals surface area contributed by atoms with Gasteiger partial charge in [0.25, 0.3) is 5.56 Å². The van der Waals surface area contributed by atoms with E-state index in [0.29, 0.717) is 42.1 Å². The van der Waals surface area contributed by atoms with E-state index in [1.54, 1.807) is 52.2 Å². The molecule has 1 aromatic heterocycles. The minimum Gasteiger partial charge on any atom is -0.496 e. The van der Waals surface area contributed by atoms with Crippen molar-refractivity contribution in [2.24, 2.45) is 4.99 Å². The highest BCUT2D eigenvalue weighted by Crippen LogP contribution is 2.37. The van der Waals surface area contributed by atoms with Gasteiger partial charge in [-0.1, -0.05) is 68.7 Å². The van der Waals surface area contributed by atoms with Crippen molar-refractivity contribution >= 4 is 62.5 Å². The van der Waals surface area contributed by atoms with Crippen LogP contribution in [0.1, 0.15) is 43.5 Å². The second-order valence-electron chi connectivity index (χ2n) is 10.0. The van der Waals surface area contributed by atoms with E-state index in [9.17, 15) is 9.59 Å². The average Bonchev–Trinajstić information content (AvgIpc) is 3.26. The Labute approximate surface area is 270 Å². The van der Waals surface area contributed by atoms with E-state index in [1.807, 2.05) is 42.5 Å².